The van der Waals surface area contributed by atoms with Gasteiger partial charge in [0.25, 0.3) is 0 Å². The maximum Gasteiger partial charge on any atom is 0.0582 e. The molecule has 72 heavy (non-hydrogen) atoms. The standard InChI is InChI=1S/C67H53N5/c1-2-52(69(53-29-11-3-12-30-53)54-31-13-4-14-32-54)49-61(70(55-33-15-5-16-34-55)56-35-17-6-18-36-56)47-48-68-64-46-28-27-45-63(64)67-65(68)50-62(71(57-37-19-7-20-38-57)58-39-21-8-22-40-58)51-66(67)72(59-41-23-9-24-42-59)60-43-25-10-26-44-60/h2-47,49-51H,1,48H2/b52-49+,61-47+. The van der Waals surface area contributed by atoms with Gasteiger partial charge in [-0.15, -0.1) is 0 Å². The minimum absolute atomic E-state index is 0.531. The molecule has 11 rings (SSSR count). The average Bonchev–Trinajstić information content (AvgIpc) is 3.77. The van der Waals surface area contributed by atoms with Crippen LogP contribution >= 0.6 is 0 Å². The van der Waals surface area contributed by atoms with Crippen molar-refractivity contribution >= 4 is 78.7 Å². The van der Waals surface area contributed by atoms with Gasteiger partial charge in [0.15, 0.2) is 0 Å². The van der Waals surface area contributed by atoms with Gasteiger partial charge < -0.3 is 24.2 Å². The summed E-state index contributed by atoms with van der Waals surface area (Å²) < 4.78 is 2.49. The van der Waals surface area contributed by atoms with Crippen molar-refractivity contribution in [1.82, 2.24) is 4.57 Å². The van der Waals surface area contributed by atoms with Crippen LogP contribution in [0.1, 0.15) is 0 Å². The van der Waals surface area contributed by atoms with Crippen LogP contribution in [0.2, 0.25) is 0 Å². The number of fused-ring (bicyclic) bond motifs is 3. The zero-order valence-electron chi connectivity index (χ0n) is 39.9. The van der Waals surface area contributed by atoms with Gasteiger partial charge in [0, 0.05) is 79.7 Å². The Morgan fingerprint density at radius 3 is 1.10 bits per heavy atom. The van der Waals surface area contributed by atoms with E-state index in [-0.39, 0.29) is 0 Å². The van der Waals surface area contributed by atoms with Crippen LogP contribution in [0.4, 0.5) is 56.9 Å². The molecule has 10 aromatic carbocycles. The molecule has 0 spiro atoms. The molecule has 0 bridgehead atoms. The molecule has 0 radical (unpaired) electrons. The van der Waals surface area contributed by atoms with E-state index in [2.05, 4.69) is 322 Å². The summed E-state index contributed by atoms with van der Waals surface area (Å²) in [6.45, 7) is 5.00. The number of para-hydroxylation sites is 9. The lowest BCUT2D eigenvalue weighted by molar-refractivity contribution is 0.888. The highest BCUT2D eigenvalue weighted by Gasteiger charge is 2.25. The Morgan fingerprint density at radius 1 is 0.347 bits per heavy atom. The largest absolute Gasteiger partial charge is 0.336 e. The number of benzene rings is 10. The van der Waals surface area contributed by atoms with E-state index in [1.807, 2.05) is 6.08 Å². The minimum Gasteiger partial charge on any atom is -0.336 e. The summed E-state index contributed by atoms with van der Waals surface area (Å²) in [5.74, 6) is 0. The summed E-state index contributed by atoms with van der Waals surface area (Å²) in [5, 5.41) is 2.32. The van der Waals surface area contributed by atoms with E-state index in [1.54, 1.807) is 0 Å². The number of nitrogens with zero attached hydrogens (tertiary/aromatic N) is 5. The number of hydrogen-bond acceptors (Lipinski definition) is 4. The molecule has 0 aliphatic rings. The van der Waals surface area contributed by atoms with Gasteiger partial charge in [-0.2, -0.15) is 0 Å². The van der Waals surface area contributed by atoms with Gasteiger partial charge in [-0.25, -0.2) is 0 Å². The summed E-state index contributed by atoms with van der Waals surface area (Å²) in [4.78, 5) is 9.40. The van der Waals surface area contributed by atoms with E-state index in [4.69, 9.17) is 0 Å². The van der Waals surface area contributed by atoms with Gasteiger partial charge in [-0.1, -0.05) is 170 Å². The van der Waals surface area contributed by atoms with Crippen molar-refractivity contribution in [3.63, 3.8) is 0 Å². The molecule has 0 unspecified atom stereocenters. The smallest absolute Gasteiger partial charge is 0.0582 e. The fourth-order valence-corrected chi connectivity index (χ4v) is 9.79. The van der Waals surface area contributed by atoms with Crippen molar-refractivity contribution in [3.05, 3.63) is 315 Å². The summed E-state index contributed by atoms with van der Waals surface area (Å²) in [6, 6.07) is 98.7. The molecule has 0 fully saturated rings. The number of rotatable bonds is 16. The Labute approximate surface area is 422 Å². The van der Waals surface area contributed by atoms with Crippen molar-refractivity contribution < 1.29 is 0 Å². The highest BCUT2D eigenvalue weighted by molar-refractivity contribution is 6.17. The first-order valence-corrected chi connectivity index (χ1v) is 24.4. The second-order valence-corrected chi connectivity index (χ2v) is 17.4. The summed E-state index contributed by atoms with van der Waals surface area (Å²) >= 11 is 0. The number of aromatic nitrogens is 1. The third-order valence-electron chi connectivity index (χ3n) is 13.0. The molecule has 0 aliphatic heterocycles. The van der Waals surface area contributed by atoms with Gasteiger partial charge >= 0.3 is 0 Å². The lowest BCUT2D eigenvalue weighted by atomic mass is 10.1. The Morgan fingerprint density at radius 2 is 0.694 bits per heavy atom. The minimum atomic E-state index is 0.531. The molecule has 0 atom stereocenters. The van der Waals surface area contributed by atoms with Crippen LogP contribution < -0.4 is 19.6 Å². The Balaban J connectivity index is 1.20. The van der Waals surface area contributed by atoms with Crippen LogP contribution in [0.25, 0.3) is 21.8 Å². The SMILES string of the molecule is C=C/C(=C\C(=C/Cn1c2ccccc2c2c(N(c3ccccc3)c3ccccc3)cc(N(c3ccccc3)c3ccccc3)cc21)N(c1ccccc1)c1ccccc1)N(c1ccccc1)c1ccccc1. The molecule has 0 N–H and O–H groups in total. The summed E-state index contributed by atoms with van der Waals surface area (Å²) in [6.07, 6.45) is 6.61. The predicted octanol–water partition coefficient (Wildman–Crippen LogP) is 18.4. The molecular weight excluding hydrogens is 875 g/mol. The zero-order chi connectivity index (χ0) is 48.5. The molecule has 0 saturated carbocycles. The van der Waals surface area contributed by atoms with Crippen molar-refractivity contribution in [2.75, 3.05) is 19.6 Å². The lowest BCUT2D eigenvalue weighted by Gasteiger charge is -2.30. The van der Waals surface area contributed by atoms with Crippen molar-refractivity contribution in [3.8, 4) is 0 Å². The van der Waals surface area contributed by atoms with E-state index < -0.39 is 0 Å². The molecule has 1 aromatic heterocycles. The lowest BCUT2D eigenvalue weighted by Crippen LogP contribution is -2.20. The fourth-order valence-electron chi connectivity index (χ4n) is 9.79. The summed E-state index contributed by atoms with van der Waals surface area (Å²) in [7, 11) is 0. The van der Waals surface area contributed by atoms with Crippen molar-refractivity contribution in [2.24, 2.45) is 0 Å². The molecule has 0 amide bonds. The maximum atomic E-state index is 4.46. The van der Waals surface area contributed by atoms with Gasteiger partial charge in [0.1, 0.15) is 0 Å². The van der Waals surface area contributed by atoms with Crippen molar-refractivity contribution in [2.45, 2.75) is 6.54 Å². The van der Waals surface area contributed by atoms with Crippen LogP contribution in [0.5, 0.6) is 0 Å². The van der Waals surface area contributed by atoms with E-state index >= 15 is 0 Å². The molecule has 1 heterocycles. The van der Waals surface area contributed by atoms with Gasteiger partial charge in [0.05, 0.1) is 16.9 Å². The normalized spacial score (nSPS) is 11.6. The second-order valence-electron chi connectivity index (χ2n) is 17.4. The molecule has 346 valence electrons. The fraction of sp³-hybridized carbons (Fsp3) is 0.0149. The zero-order valence-corrected chi connectivity index (χ0v) is 39.9. The molecule has 5 heteroatoms. The van der Waals surface area contributed by atoms with Crippen LogP contribution in [0, 0.1) is 0 Å². The average molecular weight is 928 g/mol. The third-order valence-corrected chi connectivity index (χ3v) is 13.0. The van der Waals surface area contributed by atoms with Gasteiger partial charge in [-0.3, -0.25) is 0 Å². The molecule has 0 saturated heterocycles. The Kier molecular flexibility index (Phi) is 13.1. The van der Waals surface area contributed by atoms with Crippen molar-refractivity contribution in [1.29, 1.82) is 0 Å². The number of anilines is 10. The highest BCUT2D eigenvalue weighted by Crippen LogP contribution is 2.47. The number of allylic oxidation sites excluding steroid dienone is 3. The van der Waals surface area contributed by atoms with Gasteiger partial charge in [0.2, 0.25) is 0 Å². The van der Waals surface area contributed by atoms with E-state index in [9.17, 15) is 0 Å². The Bertz CT molecular complexity index is 3440. The van der Waals surface area contributed by atoms with Gasteiger partial charge in [-0.05, 0) is 133 Å². The molecular formula is C67H53N5. The first-order chi connectivity index (χ1) is 35.7. The van der Waals surface area contributed by atoms with Crippen LogP contribution in [0.3, 0.4) is 0 Å². The first-order valence-electron chi connectivity index (χ1n) is 24.4. The quantitative estimate of drug-likeness (QED) is 0.0898. The van der Waals surface area contributed by atoms with E-state index in [0.29, 0.717) is 6.54 Å². The topological polar surface area (TPSA) is 17.9 Å². The first kappa shape index (κ1) is 44.9. The Hall–Kier alpha value is -9.58. The third kappa shape index (κ3) is 9.18. The predicted molar refractivity (Wildman–Crippen MR) is 305 cm³/mol. The molecule has 0 aliphatic carbocycles. The van der Waals surface area contributed by atoms with E-state index in [0.717, 1.165) is 90.1 Å². The summed E-state index contributed by atoms with van der Waals surface area (Å²) in [5.41, 5.74) is 14.6. The van der Waals surface area contributed by atoms with Crippen LogP contribution in [0.15, 0.2) is 315 Å². The molecule has 5 nitrogen and oxygen atoms in total. The van der Waals surface area contributed by atoms with Crippen LogP contribution in [-0.2, 0) is 6.54 Å². The monoisotopic (exact) mass is 927 g/mol. The second kappa shape index (κ2) is 21.0. The highest BCUT2D eigenvalue weighted by atomic mass is 15.2. The molecule has 11 aromatic rings. The maximum absolute atomic E-state index is 4.46. The van der Waals surface area contributed by atoms with Crippen LogP contribution in [-0.4, -0.2) is 4.57 Å². The number of hydrogen-bond donors (Lipinski definition) is 0. The van der Waals surface area contributed by atoms with E-state index in [1.165, 1.54) is 0 Å².